The van der Waals surface area contributed by atoms with Crippen molar-refractivity contribution in [1.82, 2.24) is 5.32 Å². The molecule has 0 aliphatic heterocycles. The molecule has 10 nitrogen and oxygen atoms in total. The summed E-state index contributed by atoms with van der Waals surface area (Å²) in [5.74, 6) is -2.16. The quantitative estimate of drug-likeness (QED) is 0.170. The first kappa shape index (κ1) is 27.4. The van der Waals surface area contributed by atoms with Crippen molar-refractivity contribution in [3.63, 3.8) is 0 Å². The van der Waals surface area contributed by atoms with Crippen LogP contribution in [0.4, 0.5) is 5.69 Å². The number of carbonyl (C=O) groups excluding carboxylic acids is 3. The Bertz CT molecular complexity index is 1360. The predicted molar refractivity (Wildman–Crippen MR) is 143 cm³/mol. The summed E-state index contributed by atoms with van der Waals surface area (Å²) >= 11 is 1.14. The van der Waals surface area contributed by atoms with Crippen molar-refractivity contribution in [1.29, 1.82) is 5.41 Å². The van der Waals surface area contributed by atoms with E-state index >= 15 is 0 Å². The van der Waals surface area contributed by atoms with Crippen LogP contribution in [0.15, 0.2) is 59.1 Å². The molecule has 0 saturated carbocycles. The summed E-state index contributed by atoms with van der Waals surface area (Å²) in [4.78, 5) is 49.7. The van der Waals surface area contributed by atoms with Gasteiger partial charge in [-0.3, -0.25) is 19.8 Å². The molecule has 0 radical (unpaired) electrons. The molecule has 3 amide bonds. The van der Waals surface area contributed by atoms with Gasteiger partial charge in [-0.15, -0.1) is 16.2 Å². The van der Waals surface area contributed by atoms with Gasteiger partial charge in [0.05, 0.1) is 18.2 Å². The number of rotatable bonds is 8. The molecule has 11 heteroatoms. The molecule has 0 unspecified atom stereocenters. The smallest absolute Gasteiger partial charge is 0.317 e. The molecule has 1 aromatic heterocycles. The summed E-state index contributed by atoms with van der Waals surface area (Å²) in [7, 11) is 0. The second-order valence-electron chi connectivity index (χ2n) is 9.34. The van der Waals surface area contributed by atoms with E-state index in [0.717, 1.165) is 11.3 Å². The normalized spacial score (nSPS) is 11.9. The number of amidine groups is 1. The lowest BCUT2D eigenvalue weighted by molar-refractivity contribution is 0.0848. The van der Waals surface area contributed by atoms with Gasteiger partial charge in [0.15, 0.2) is 0 Å². The van der Waals surface area contributed by atoms with Gasteiger partial charge in [-0.25, -0.2) is 0 Å². The molecule has 0 fully saturated rings. The number of nitrogen functional groups attached to an aromatic ring is 1. The first-order chi connectivity index (χ1) is 17.5. The lowest BCUT2D eigenvalue weighted by Crippen LogP contribution is -2.46. The van der Waals surface area contributed by atoms with Crippen LogP contribution in [0.3, 0.4) is 0 Å². The van der Waals surface area contributed by atoms with Crippen LogP contribution in [0.5, 0.6) is 0 Å². The molecule has 6 N–H and O–H groups in total. The van der Waals surface area contributed by atoms with Gasteiger partial charge in [-0.2, -0.15) is 0 Å². The molecule has 2 aromatic carbocycles. The molecule has 0 spiro atoms. The van der Waals surface area contributed by atoms with Gasteiger partial charge < -0.3 is 21.5 Å². The Morgan fingerprint density at radius 1 is 1.03 bits per heavy atom. The number of aliphatic hydroxyl groups is 1. The third-order valence-electron chi connectivity index (χ3n) is 5.74. The zero-order valence-corrected chi connectivity index (χ0v) is 21.3. The van der Waals surface area contributed by atoms with Crippen molar-refractivity contribution < 1.29 is 19.5 Å². The molecule has 3 aromatic rings. The van der Waals surface area contributed by atoms with E-state index in [9.17, 15) is 24.4 Å². The Morgan fingerprint density at radius 2 is 1.68 bits per heavy atom. The number of thiophene rings is 1. The number of aliphatic hydroxyl groups excluding tert-OH is 1. The van der Waals surface area contributed by atoms with Gasteiger partial charge in [0.2, 0.25) is 0 Å². The highest BCUT2D eigenvalue weighted by Gasteiger charge is 2.27. The Morgan fingerprint density at radius 3 is 2.24 bits per heavy atom. The number of anilines is 1. The van der Waals surface area contributed by atoms with E-state index < -0.39 is 29.2 Å². The van der Waals surface area contributed by atoms with Crippen LogP contribution < -0.4 is 16.4 Å². The molecule has 0 aliphatic rings. The Balaban J connectivity index is 1.94. The molecule has 1 heterocycles. The van der Waals surface area contributed by atoms with Crippen LogP contribution in [0, 0.1) is 15.7 Å². The second kappa shape index (κ2) is 11.2. The number of hydrogen-bond donors (Lipinski definition) is 5. The van der Waals surface area contributed by atoms with E-state index in [2.05, 4.69) is 15.8 Å². The van der Waals surface area contributed by atoms with Crippen LogP contribution in [0.2, 0.25) is 0 Å². The van der Waals surface area contributed by atoms with Crippen LogP contribution in [-0.2, 0) is 0 Å². The van der Waals surface area contributed by atoms with E-state index in [4.69, 9.17) is 11.1 Å². The zero-order valence-electron chi connectivity index (χ0n) is 20.5. The van der Waals surface area contributed by atoms with E-state index in [0.29, 0.717) is 16.8 Å². The van der Waals surface area contributed by atoms with Gasteiger partial charge in [-0.1, -0.05) is 26.8 Å². The van der Waals surface area contributed by atoms with Crippen molar-refractivity contribution in [3.05, 3.63) is 80.4 Å². The zero-order chi connectivity index (χ0) is 27.3. The van der Waals surface area contributed by atoms with Crippen molar-refractivity contribution in [2.45, 2.75) is 26.8 Å². The maximum absolute atomic E-state index is 13.0. The standard InChI is InChI=1S/C26H27N5O5S/c1-26(2,3)20(13-32)30-23(33)15-6-9-17(19(12-15)24(34)31-36)18-10-11-37-21(18)25(35)29-16-7-4-14(5-8-16)22(27)28/h4-12,20,32H,13H2,1-3H3,(H3,27,28)(H,29,35)(H,30,33)/t20-/m1/s1. The number of nitroso groups, excluding NO2 is 1. The third kappa shape index (κ3) is 6.32. The van der Waals surface area contributed by atoms with E-state index in [1.54, 1.807) is 35.7 Å². The molecule has 37 heavy (non-hydrogen) atoms. The summed E-state index contributed by atoms with van der Waals surface area (Å²) in [6.45, 7) is 5.32. The maximum Gasteiger partial charge on any atom is 0.317 e. The molecule has 3 rings (SSSR count). The predicted octanol–water partition coefficient (Wildman–Crippen LogP) is 3.99. The average Bonchev–Trinajstić information content (AvgIpc) is 3.36. The SMILES string of the molecule is CC(C)(C)[C@@H](CO)NC(=O)c1ccc(-c2ccsc2C(=O)Nc2ccc(C(=N)N)cc2)c(C(=O)N=O)c1. The number of carbonyl (C=O) groups is 3. The lowest BCUT2D eigenvalue weighted by Gasteiger charge is -2.29. The Kier molecular flexibility index (Phi) is 8.31. The molecular formula is C26H27N5O5S. The van der Waals surface area contributed by atoms with Gasteiger partial charge >= 0.3 is 5.91 Å². The number of benzene rings is 2. The molecule has 1 atom stereocenters. The molecular weight excluding hydrogens is 494 g/mol. The van der Waals surface area contributed by atoms with E-state index in [-0.39, 0.29) is 34.0 Å². The molecule has 192 valence electrons. The van der Waals surface area contributed by atoms with Crippen molar-refractivity contribution in [2.24, 2.45) is 16.3 Å². The minimum absolute atomic E-state index is 0.0955. The first-order valence-electron chi connectivity index (χ1n) is 11.2. The summed E-state index contributed by atoms with van der Waals surface area (Å²) in [5, 5.41) is 26.8. The van der Waals surface area contributed by atoms with E-state index in [1.165, 1.54) is 18.2 Å². The number of amides is 3. The van der Waals surface area contributed by atoms with Gasteiger partial charge in [0.1, 0.15) is 10.7 Å². The fourth-order valence-electron chi connectivity index (χ4n) is 3.54. The second-order valence-corrected chi connectivity index (χ2v) is 10.3. The highest BCUT2D eigenvalue weighted by Crippen LogP contribution is 2.33. The highest BCUT2D eigenvalue weighted by molar-refractivity contribution is 7.12. The summed E-state index contributed by atoms with van der Waals surface area (Å²) in [6.07, 6.45) is 0. The molecule has 0 bridgehead atoms. The van der Waals surface area contributed by atoms with Gasteiger partial charge in [0.25, 0.3) is 11.8 Å². The summed E-state index contributed by atoms with van der Waals surface area (Å²) in [5.41, 5.74) is 6.67. The number of nitrogens with one attached hydrogen (secondary N) is 3. The fraction of sp³-hybridized carbons (Fsp3) is 0.231. The van der Waals surface area contributed by atoms with Gasteiger partial charge in [-0.05, 0) is 58.8 Å². The third-order valence-corrected chi connectivity index (χ3v) is 6.66. The number of nitrogens with zero attached hydrogens (tertiary/aromatic N) is 1. The minimum Gasteiger partial charge on any atom is -0.394 e. The maximum atomic E-state index is 13.0. The Hall–Kier alpha value is -4.22. The molecule has 0 aliphatic carbocycles. The van der Waals surface area contributed by atoms with Crippen molar-refractivity contribution in [3.8, 4) is 11.1 Å². The highest BCUT2D eigenvalue weighted by atomic mass is 32.1. The van der Waals surface area contributed by atoms with Crippen LogP contribution in [0.1, 0.15) is 56.7 Å². The summed E-state index contributed by atoms with van der Waals surface area (Å²) < 4.78 is 0. The van der Waals surface area contributed by atoms with Crippen LogP contribution in [-0.4, -0.2) is 41.3 Å². The van der Waals surface area contributed by atoms with Crippen LogP contribution >= 0.6 is 11.3 Å². The first-order valence-corrected chi connectivity index (χ1v) is 12.1. The summed E-state index contributed by atoms with van der Waals surface area (Å²) in [6, 6.07) is 11.7. The van der Waals surface area contributed by atoms with Crippen molar-refractivity contribution in [2.75, 3.05) is 11.9 Å². The average molecular weight is 522 g/mol. The van der Waals surface area contributed by atoms with Gasteiger partial charge in [0, 0.05) is 27.6 Å². The topological polar surface area (TPSA) is 175 Å². The monoisotopic (exact) mass is 521 g/mol. The van der Waals surface area contributed by atoms with Crippen molar-refractivity contribution >= 4 is 40.6 Å². The molecule has 0 saturated heterocycles. The number of hydrogen-bond acceptors (Lipinski definition) is 7. The number of nitrogens with two attached hydrogens (primary N) is 1. The fourth-order valence-corrected chi connectivity index (χ4v) is 4.35. The van der Waals surface area contributed by atoms with E-state index in [1.807, 2.05) is 20.8 Å². The Labute approximate surface area is 217 Å². The minimum atomic E-state index is -1.09. The lowest BCUT2D eigenvalue weighted by atomic mass is 9.87. The van der Waals surface area contributed by atoms with Crippen LogP contribution in [0.25, 0.3) is 11.1 Å². The largest absolute Gasteiger partial charge is 0.394 e.